The molecule has 2 atom stereocenters. The quantitative estimate of drug-likeness (QED) is 0.904. The zero-order chi connectivity index (χ0) is 16.2. The molecule has 1 fully saturated rings. The Morgan fingerprint density at radius 3 is 2.68 bits per heavy atom. The van der Waals surface area contributed by atoms with E-state index < -0.39 is 9.84 Å². The highest BCUT2D eigenvalue weighted by atomic mass is 32.2. The lowest BCUT2D eigenvalue weighted by Crippen LogP contribution is -2.44. The van der Waals surface area contributed by atoms with Gasteiger partial charge in [0.1, 0.15) is 9.84 Å². The Labute approximate surface area is 132 Å². The third kappa shape index (κ3) is 4.73. The van der Waals surface area contributed by atoms with Gasteiger partial charge in [0.15, 0.2) is 0 Å². The van der Waals surface area contributed by atoms with Gasteiger partial charge in [-0.1, -0.05) is 30.3 Å². The molecule has 1 aromatic carbocycles. The fourth-order valence-corrected chi connectivity index (χ4v) is 3.57. The smallest absolute Gasteiger partial charge is 0.318 e. The molecule has 6 heteroatoms. The van der Waals surface area contributed by atoms with Gasteiger partial charge in [-0.15, -0.1) is 0 Å². The summed E-state index contributed by atoms with van der Waals surface area (Å²) in [5, 5.41) is 2.92. The Bertz CT molecular complexity index is 601. The highest BCUT2D eigenvalue weighted by Gasteiger charge is 2.30. The summed E-state index contributed by atoms with van der Waals surface area (Å²) in [7, 11) is -2.99. The molecule has 0 radical (unpaired) electrons. The van der Waals surface area contributed by atoms with Gasteiger partial charge in [-0.2, -0.15) is 0 Å². The second-order valence-corrected chi connectivity index (χ2v) is 8.29. The predicted octanol–water partition coefficient (Wildman–Crippen LogP) is 2.36. The Morgan fingerprint density at radius 1 is 1.36 bits per heavy atom. The van der Waals surface area contributed by atoms with Crippen LogP contribution in [0.15, 0.2) is 30.3 Å². The number of benzene rings is 1. The van der Waals surface area contributed by atoms with Crippen molar-refractivity contribution in [3.8, 4) is 0 Å². The molecular formula is C16H24N2O3S. The Balaban J connectivity index is 1.94. The lowest BCUT2D eigenvalue weighted by Gasteiger charge is -2.27. The number of hydrogen-bond donors (Lipinski definition) is 1. The van der Waals surface area contributed by atoms with E-state index in [4.69, 9.17) is 0 Å². The lowest BCUT2D eigenvalue weighted by molar-refractivity contribution is 0.189. The molecule has 0 saturated carbocycles. The van der Waals surface area contributed by atoms with Crippen LogP contribution in [0.5, 0.6) is 0 Å². The third-order valence-electron chi connectivity index (χ3n) is 3.99. The second kappa shape index (κ2) is 7.13. The number of nitrogens with zero attached hydrogens (tertiary/aromatic N) is 1. The van der Waals surface area contributed by atoms with Crippen molar-refractivity contribution in [3.63, 3.8) is 0 Å². The van der Waals surface area contributed by atoms with Crippen LogP contribution in [0.1, 0.15) is 37.8 Å². The zero-order valence-electron chi connectivity index (χ0n) is 13.2. The average Bonchev–Trinajstić information content (AvgIpc) is 2.95. The van der Waals surface area contributed by atoms with Crippen LogP contribution in [0.2, 0.25) is 0 Å². The van der Waals surface area contributed by atoms with Crippen molar-refractivity contribution in [2.24, 2.45) is 0 Å². The number of hydrogen-bond acceptors (Lipinski definition) is 3. The summed E-state index contributed by atoms with van der Waals surface area (Å²) in [6.07, 6.45) is 3.61. The minimum absolute atomic E-state index is 0.0938. The highest BCUT2D eigenvalue weighted by molar-refractivity contribution is 7.90. The van der Waals surface area contributed by atoms with Crippen LogP contribution >= 0.6 is 0 Å². The van der Waals surface area contributed by atoms with Crippen molar-refractivity contribution in [2.75, 3.05) is 18.6 Å². The van der Waals surface area contributed by atoms with Crippen molar-refractivity contribution in [1.82, 2.24) is 10.2 Å². The molecule has 1 aliphatic heterocycles. The van der Waals surface area contributed by atoms with Crippen LogP contribution in [0.25, 0.3) is 0 Å². The topological polar surface area (TPSA) is 66.5 Å². The molecule has 122 valence electrons. The molecule has 1 saturated heterocycles. The van der Waals surface area contributed by atoms with Gasteiger partial charge in [0.25, 0.3) is 0 Å². The normalized spacial score (nSPS) is 19.9. The first-order chi connectivity index (χ1) is 10.4. The summed E-state index contributed by atoms with van der Waals surface area (Å²) < 4.78 is 22.4. The molecule has 1 aliphatic rings. The van der Waals surface area contributed by atoms with Gasteiger partial charge in [0.2, 0.25) is 0 Å². The van der Waals surface area contributed by atoms with E-state index >= 15 is 0 Å². The Kier molecular flexibility index (Phi) is 5.45. The van der Waals surface area contributed by atoms with E-state index in [0.717, 1.165) is 24.9 Å². The number of rotatable bonds is 5. The summed E-state index contributed by atoms with van der Waals surface area (Å²) in [4.78, 5) is 14.3. The van der Waals surface area contributed by atoms with E-state index in [1.807, 2.05) is 42.2 Å². The van der Waals surface area contributed by atoms with Crippen molar-refractivity contribution in [3.05, 3.63) is 35.9 Å². The largest absolute Gasteiger partial charge is 0.335 e. The molecule has 2 amide bonds. The summed E-state index contributed by atoms with van der Waals surface area (Å²) in [5.41, 5.74) is 1.15. The Hall–Kier alpha value is -1.56. The molecule has 2 rings (SSSR count). The van der Waals surface area contributed by atoms with E-state index in [-0.39, 0.29) is 23.9 Å². The van der Waals surface area contributed by atoms with Crippen LogP contribution in [-0.4, -0.2) is 43.9 Å². The van der Waals surface area contributed by atoms with Crippen LogP contribution < -0.4 is 5.32 Å². The third-order valence-corrected chi connectivity index (χ3v) is 4.97. The summed E-state index contributed by atoms with van der Waals surface area (Å²) in [5.74, 6) is 0.0938. The zero-order valence-corrected chi connectivity index (χ0v) is 14.0. The van der Waals surface area contributed by atoms with E-state index in [1.165, 1.54) is 6.26 Å². The minimum Gasteiger partial charge on any atom is -0.335 e. The van der Waals surface area contributed by atoms with Gasteiger partial charge in [0.05, 0.1) is 11.8 Å². The molecule has 0 aromatic heterocycles. The highest BCUT2D eigenvalue weighted by Crippen LogP contribution is 2.31. The summed E-state index contributed by atoms with van der Waals surface area (Å²) >= 11 is 0. The SMILES string of the molecule is C[C@@H](CCS(C)(=O)=O)NC(=O)N1CCC[C@@H]1c1ccccc1. The van der Waals surface area contributed by atoms with Gasteiger partial charge in [0, 0.05) is 18.8 Å². The first kappa shape index (κ1) is 16.8. The first-order valence-corrected chi connectivity index (χ1v) is 9.72. The van der Waals surface area contributed by atoms with E-state index in [1.54, 1.807) is 0 Å². The molecular weight excluding hydrogens is 300 g/mol. The van der Waals surface area contributed by atoms with Crippen molar-refractivity contribution >= 4 is 15.9 Å². The van der Waals surface area contributed by atoms with Crippen molar-refractivity contribution < 1.29 is 13.2 Å². The summed E-state index contributed by atoms with van der Waals surface area (Å²) in [6.45, 7) is 2.58. The number of nitrogens with one attached hydrogen (secondary N) is 1. The van der Waals surface area contributed by atoms with E-state index in [9.17, 15) is 13.2 Å². The number of likely N-dealkylation sites (tertiary alicyclic amines) is 1. The summed E-state index contributed by atoms with van der Waals surface area (Å²) in [6, 6.07) is 9.88. The van der Waals surface area contributed by atoms with Crippen LogP contribution in [-0.2, 0) is 9.84 Å². The number of urea groups is 1. The monoisotopic (exact) mass is 324 g/mol. The molecule has 0 unspecified atom stereocenters. The molecule has 0 spiro atoms. The fourth-order valence-electron chi connectivity index (χ4n) is 2.79. The maximum atomic E-state index is 12.4. The van der Waals surface area contributed by atoms with Crippen LogP contribution in [0, 0.1) is 0 Å². The Morgan fingerprint density at radius 2 is 2.05 bits per heavy atom. The second-order valence-electron chi connectivity index (χ2n) is 6.03. The first-order valence-electron chi connectivity index (χ1n) is 7.66. The van der Waals surface area contributed by atoms with Crippen LogP contribution in [0.4, 0.5) is 4.79 Å². The van der Waals surface area contributed by atoms with Crippen LogP contribution in [0.3, 0.4) is 0 Å². The standard InChI is InChI=1S/C16H24N2O3S/c1-13(10-12-22(2,20)21)17-16(19)18-11-6-9-15(18)14-7-4-3-5-8-14/h3-5,7-8,13,15H,6,9-12H2,1-2H3,(H,17,19)/t13-,15+/m0/s1. The average molecular weight is 324 g/mol. The van der Waals surface area contributed by atoms with Crippen molar-refractivity contribution in [2.45, 2.75) is 38.3 Å². The molecule has 22 heavy (non-hydrogen) atoms. The molecule has 1 aromatic rings. The molecule has 0 bridgehead atoms. The van der Waals surface area contributed by atoms with Crippen molar-refractivity contribution in [1.29, 1.82) is 0 Å². The van der Waals surface area contributed by atoms with E-state index in [2.05, 4.69) is 5.32 Å². The maximum absolute atomic E-state index is 12.4. The molecule has 0 aliphatic carbocycles. The maximum Gasteiger partial charge on any atom is 0.318 e. The number of sulfone groups is 1. The van der Waals surface area contributed by atoms with Gasteiger partial charge in [-0.05, 0) is 31.7 Å². The number of carbonyl (C=O) groups excluding carboxylic acids is 1. The minimum atomic E-state index is -2.99. The molecule has 1 heterocycles. The van der Waals surface area contributed by atoms with Gasteiger partial charge in [-0.3, -0.25) is 0 Å². The number of carbonyl (C=O) groups is 1. The molecule has 5 nitrogen and oxygen atoms in total. The van der Waals surface area contributed by atoms with Gasteiger partial charge in [-0.25, -0.2) is 13.2 Å². The molecule has 1 N–H and O–H groups in total. The predicted molar refractivity (Wildman–Crippen MR) is 87.4 cm³/mol. The van der Waals surface area contributed by atoms with E-state index in [0.29, 0.717) is 6.42 Å². The van der Waals surface area contributed by atoms with Gasteiger partial charge < -0.3 is 10.2 Å². The number of amides is 2. The van der Waals surface area contributed by atoms with Gasteiger partial charge >= 0.3 is 6.03 Å². The fraction of sp³-hybridized carbons (Fsp3) is 0.562. The lowest BCUT2D eigenvalue weighted by atomic mass is 10.1.